The van der Waals surface area contributed by atoms with Gasteiger partial charge in [0.25, 0.3) is 5.65 Å². The van der Waals surface area contributed by atoms with Gasteiger partial charge in [-0.15, -0.1) is 0 Å². The molecule has 6 heteroatoms. The van der Waals surface area contributed by atoms with E-state index in [1.165, 1.54) is 5.56 Å². The average Bonchev–Trinajstić information content (AvgIpc) is 2.92. The number of pyridine rings is 1. The predicted molar refractivity (Wildman–Crippen MR) is 102 cm³/mol. The molecule has 0 aliphatic heterocycles. The molecule has 0 aliphatic rings. The molecule has 128 valence electrons. The van der Waals surface area contributed by atoms with Gasteiger partial charge in [0.2, 0.25) is 5.96 Å². The van der Waals surface area contributed by atoms with Crippen LogP contribution in [-0.4, -0.2) is 23.3 Å². The second kappa shape index (κ2) is 7.17. The van der Waals surface area contributed by atoms with Crippen molar-refractivity contribution in [3.63, 3.8) is 0 Å². The van der Waals surface area contributed by atoms with Crippen molar-refractivity contribution in [2.24, 2.45) is 22.9 Å². The molecule has 0 unspecified atom stereocenters. The Morgan fingerprint density at radius 2 is 1.96 bits per heavy atom. The number of hydrogen-bond acceptors (Lipinski definition) is 2. The minimum atomic E-state index is 0.318. The van der Waals surface area contributed by atoms with Crippen molar-refractivity contribution in [2.75, 3.05) is 6.54 Å². The second-order valence-electron chi connectivity index (χ2n) is 5.90. The van der Waals surface area contributed by atoms with Gasteiger partial charge in [-0.05, 0) is 43.2 Å². The smallest absolute Gasteiger partial charge is 0.286 e. The van der Waals surface area contributed by atoms with Gasteiger partial charge in [0.1, 0.15) is 6.20 Å². The van der Waals surface area contributed by atoms with Crippen LogP contribution in [0.3, 0.4) is 0 Å². The summed E-state index contributed by atoms with van der Waals surface area (Å²) in [6, 6.07) is 12.5. The predicted octanol–water partition coefficient (Wildman–Crippen LogP) is 2.00. The van der Waals surface area contributed by atoms with E-state index >= 15 is 0 Å². The van der Waals surface area contributed by atoms with Crippen LogP contribution in [0.2, 0.25) is 0 Å². The first-order valence-electron chi connectivity index (χ1n) is 8.25. The van der Waals surface area contributed by atoms with E-state index < -0.39 is 0 Å². The van der Waals surface area contributed by atoms with Gasteiger partial charge in [0.15, 0.2) is 5.69 Å². The van der Waals surface area contributed by atoms with E-state index in [0.29, 0.717) is 12.5 Å². The Bertz CT molecular complexity index is 934. The molecular formula is C19H23N6+. The van der Waals surface area contributed by atoms with Crippen LogP contribution in [0.1, 0.15) is 18.1 Å². The van der Waals surface area contributed by atoms with Crippen molar-refractivity contribution in [3.8, 4) is 11.3 Å². The zero-order valence-electron chi connectivity index (χ0n) is 14.8. The Hall–Kier alpha value is -3.15. The van der Waals surface area contributed by atoms with Gasteiger partial charge in [-0.1, -0.05) is 12.1 Å². The monoisotopic (exact) mass is 335 g/mol. The highest BCUT2D eigenvalue weighted by Crippen LogP contribution is 2.20. The molecule has 2 heterocycles. The number of aromatic nitrogens is 2. The molecule has 3 rings (SSSR count). The maximum absolute atomic E-state index is 5.63. The van der Waals surface area contributed by atoms with Gasteiger partial charge in [-0.2, -0.15) is 5.10 Å². The fraction of sp³-hybridized carbons (Fsp3) is 0.211. The largest absolute Gasteiger partial charge is 0.369 e. The fourth-order valence-corrected chi connectivity index (χ4v) is 2.74. The molecule has 0 saturated carbocycles. The average molecular weight is 335 g/mol. The summed E-state index contributed by atoms with van der Waals surface area (Å²) in [6.45, 7) is 4.65. The summed E-state index contributed by atoms with van der Waals surface area (Å²) in [7, 11) is 2.08. The highest BCUT2D eigenvalue weighted by Gasteiger charge is 2.15. The number of aryl methyl sites for hydroxylation is 2. The van der Waals surface area contributed by atoms with Gasteiger partial charge >= 0.3 is 0 Å². The number of fused-ring (bicyclic) bond motifs is 1. The standard InChI is InChI=1S/C19H23N6/c1-4-21-19(20)23-22-11-15-6-8-16(9-7-15)17-13-25-12-14(2)5-10-18(25)24(17)3/h5-13H,4H2,1-3H3,(H3,20,21,23)/q+1/b22-11-. The number of nitrogens with two attached hydrogens (primary N) is 1. The maximum Gasteiger partial charge on any atom is 0.286 e. The molecule has 1 aromatic carbocycles. The first-order valence-corrected chi connectivity index (χ1v) is 8.25. The third kappa shape index (κ3) is 3.68. The van der Waals surface area contributed by atoms with Crippen LogP contribution in [-0.2, 0) is 7.05 Å². The van der Waals surface area contributed by atoms with Crippen LogP contribution in [0.15, 0.2) is 58.9 Å². The number of aliphatic imine (C=N–C) groups is 1. The third-order valence-electron chi connectivity index (χ3n) is 4.00. The van der Waals surface area contributed by atoms with E-state index in [-0.39, 0.29) is 0 Å². The third-order valence-corrected chi connectivity index (χ3v) is 4.00. The van der Waals surface area contributed by atoms with Crippen molar-refractivity contribution in [3.05, 3.63) is 59.9 Å². The summed E-state index contributed by atoms with van der Waals surface area (Å²) < 4.78 is 4.34. The molecular weight excluding hydrogens is 312 g/mol. The fourth-order valence-electron chi connectivity index (χ4n) is 2.74. The van der Waals surface area contributed by atoms with Crippen LogP contribution in [0.4, 0.5) is 0 Å². The summed E-state index contributed by atoms with van der Waals surface area (Å²) in [6.07, 6.45) is 6.00. The normalized spacial score (nSPS) is 12.2. The Balaban J connectivity index is 1.82. The van der Waals surface area contributed by atoms with Crippen molar-refractivity contribution >= 4 is 17.8 Å². The van der Waals surface area contributed by atoms with Gasteiger partial charge in [0, 0.05) is 18.2 Å². The Labute approximate surface area is 147 Å². The van der Waals surface area contributed by atoms with Crippen molar-refractivity contribution in [2.45, 2.75) is 13.8 Å². The molecule has 0 fully saturated rings. The minimum absolute atomic E-state index is 0.318. The van der Waals surface area contributed by atoms with Crippen molar-refractivity contribution < 1.29 is 4.40 Å². The molecule has 3 aromatic rings. The Morgan fingerprint density at radius 1 is 1.20 bits per heavy atom. The molecule has 0 radical (unpaired) electrons. The van der Waals surface area contributed by atoms with E-state index in [2.05, 4.69) is 75.1 Å². The molecule has 25 heavy (non-hydrogen) atoms. The van der Waals surface area contributed by atoms with Crippen LogP contribution in [0, 0.1) is 6.92 Å². The molecule has 6 nitrogen and oxygen atoms in total. The molecule has 2 aromatic heterocycles. The number of benzene rings is 1. The second-order valence-corrected chi connectivity index (χ2v) is 5.90. The number of guanidine groups is 1. The summed E-state index contributed by atoms with van der Waals surface area (Å²) in [5.41, 5.74) is 14.0. The first kappa shape index (κ1) is 16.7. The van der Waals surface area contributed by atoms with E-state index in [0.717, 1.165) is 22.5 Å². The van der Waals surface area contributed by atoms with E-state index in [9.17, 15) is 0 Å². The highest BCUT2D eigenvalue weighted by atomic mass is 15.3. The molecule has 0 spiro atoms. The molecule has 0 aliphatic carbocycles. The Morgan fingerprint density at radius 3 is 2.68 bits per heavy atom. The number of hydrogen-bond donors (Lipinski definition) is 2. The van der Waals surface area contributed by atoms with Crippen molar-refractivity contribution in [1.29, 1.82) is 0 Å². The van der Waals surface area contributed by atoms with Crippen molar-refractivity contribution in [1.82, 2.24) is 9.99 Å². The van der Waals surface area contributed by atoms with Crippen LogP contribution < -0.4 is 15.6 Å². The minimum Gasteiger partial charge on any atom is -0.369 e. The zero-order valence-corrected chi connectivity index (χ0v) is 14.8. The van der Waals surface area contributed by atoms with E-state index in [1.54, 1.807) is 6.21 Å². The summed E-state index contributed by atoms with van der Waals surface area (Å²) in [5.74, 6) is 0.318. The number of hydrazone groups is 1. The first-order chi connectivity index (χ1) is 12.1. The lowest BCUT2D eigenvalue weighted by molar-refractivity contribution is -0.510. The quantitative estimate of drug-likeness (QED) is 0.331. The molecule has 3 N–H and O–H groups in total. The number of imidazole rings is 1. The lowest BCUT2D eigenvalue weighted by atomic mass is 10.1. The summed E-state index contributed by atoms with van der Waals surface area (Å²) in [5, 5.41) is 4.08. The summed E-state index contributed by atoms with van der Waals surface area (Å²) in [4.78, 5) is 4.01. The SMILES string of the molecule is CCN=C(N)N/N=C\c1ccc(-c2c[n+]3cc(C)ccc3n2C)cc1. The maximum atomic E-state index is 5.63. The van der Waals surface area contributed by atoms with E-state index in [4.69, 9.17) is 5.73 Å². The van der Waals surface area contributed by atoms with Gasteiger partial charge in [-0.25, -0.2) is 14.4 Å². The topological polar surface area (TPSA) is 71.8 Å². The van der Waals surface area contributed by atoms with E-state index in [1.807, 2.05) is 19.1 Å². The lowest BCUT2D eigenvalue weighted by Crippen LogP contribution is -2.27. The highest BCUT2D eigenvalue weighted by molar-refractivity contribution is 5.83. The number of rotatable bonds is 4. The van der Waals surface area contributed by atoms with Crippen LogP contribution >= 0.6 is 0 Å². The lowest BCUT2D eigenvalue weighted by Gasteiger charge is -2.00. The van der Waals surface area contributed by atoms with Gasteiger partial charge in [0.05, 0.1) is 19.5 Å². The van der Waals surface area contributed by atoms with Crippen LogP contribution in [0.5, 0.6) is 0 Å². The number of nitrogens with one attached hydrogen (secondary N) is 1. The zero-order chi connectivity index (χ0) is 17.8. The molecule has 0 bridgehead atoms. The van der Waals surface area contributed by atoms with Crippen LogP contribution in [0.25, 0.3) is 16.9 Å². The Kier molecular flexibility index (Phi) is 4.79. The van der Waals surface area contributed by atoms with Gasteiger partial charge in [-0.3, -0.25) is 4.99 Å². The summed E-state index contributed by atoms with van der Waals surface area (Å²) >= 11 is 0. The molecule has 0 amide bonds. The molecule has 0 atom stereocenters. The number of nitrogens with zero attached hydrogens (tertiary/aromatic N) is 4. The van der Waals surface area contributed by atoms with Gasteiger partial charge < -0.3 is 5.73 Å². The molecule has 0 saturated heterocycles.